The molecule has 9 nitrogen and oxygen atoms in total. The maximum atomic E-state index is 13.4. The zero-order chi connectivity index (χ0) is 32.8. The number of hydrogen-bond acceptors (Lipinski definition) is 6. The van der Waals surface area contributed by atoms with Crippen molar-refractivity contribution in [1.29, 1.82) is 0 Å². The van der Waals surface area contributed by atoms with Gasteiger partial charge in [0, 0.05) is 37.2 Å². The quantitative estimate of drug-likeness (QED) is 0.110. The standard InChI is InChI=1S/C35H42N2O7Si/c1-35(2,3)44-34(41)37-29(32(38)39)20-24-21-36-28-17-11-14-25(30(24)28)26-15-10-16-27(33(40)42-18-19-45(4,5)6)31(26)43-22-23-12-8-7-9-13-23/h7-17,21,29,36H,18-20,22H2,1-6H3,(H,37,41)(H,38,39)/t29-/m0/s1. The van der Waals surface area contributed by atoms with Crippen LogP contribution in [-0.4, -0.2) is 54.4 Å². The van der Waals surface area contributed by atoms with Gasteiger partial charge in [-0.25, -0.2) is 14.4 Å². The second-order valence-electron chi connectivity index (χ2n) is 13.2. The normalized spacial score (nSPS) is 12.4. The van der Waals surface area contributed by atoms with E-state index in [1.54, 1.807) is 39.1 Å². The van der Waals surface area contributed by atoms with Gasteiger partial charge in [0.15, 0.2) is 0 Å². The van der Waals surface area contributed by atoms with Crippen molar-refractivity contribution < 1.29 is 33.7 Å². The summed E-state index contributed by atoms with van der Waals surface area (Å²) in [5, 5.41) is 13.2. The maximum Gasteiger partial charge on any atom is 0.408 e. The highest BCUT2D eigenvalue weighted by Crippen LogP contribution is 2.39. The molecule has 0 aliphatic heterocycles. The minimum Gasteiger partial charge on any atom is -0.487 e. The van der Waals surface area contributed by atoms with E-state index >= 15 is 0 Å². The molecule has 0 saturated carbocycles. The molecule has 0 bridgehead atoms. The molecule has 0 radical (unpaired) electrons. The number of para-hydroxylation sites is 1. The molecule has 1 amide bonds. The Morgan fingerprint density at radius 1 is 0.933 bits per heavy atom. The van der Waals surface area contributed by atoms with Crippen molar-refractivity contribution in [3.05, 3.63) is 89.6 Å². The second-order valence-corrected chi connectivity index (χ2v) is 18.8. The van der Waals surface area contributed by atoms with Crippen molar-refractivity contribution in [3.8, 4) is 16.9 Å². The Morgan fingerprint density at radius 2 is 1.62 bits per heavy atom. The molecule has 4 aromatic rings. The first-order valence-corrected chi connectivity index (χ1v) is 18.7. The Kier molecular flexibility index (Phi) is 10.4. The van der Waals surface area contributed by atoms with Gasteiger partial charge in [-0.3, -0.25) is 0 Å². The predicted octanol–water partition coefficient (Wildman–Crippen LogP) is 7.43. The molecule has 10 heteroatoms. The molecule has 3 aromatic carbocycles. The molecule has 0 unspecified atom stereocenters. The van der Waals surface area contributed by atoms with Gasteiger partial charge in [0.05, 0.1) is 6.61 Å². The molecule has 1 heterocycles. The van der Waals surface area contributed by atoms with Gasteiger partial charge >= 0.3 is 18.0 Å². The smallest absolute Gasteiger partial charge is 0.408 e. The van der Waals surface area contributed by atoms with Gasteiger partial charge in [0.25, 0.3) is 0 Å². The number of carbonyl (C=O) groups is 3. The lowest BCUT2D eigenvalue weighted by Crippen LogP contribution is -2.44. The van der Waals surface area contributed by atoms with E-state index in [1.807, 2.05) is 54.6 Å². The molecule has 0 saturated heterocycles. The topological polar surface area (TPSA) is 127 Å². The van der Waals surface area contributed by atoms with Gasteiger partial charge < -0.3 is 29.6 Å². The lowest BCUT2D eigenvalue weighted by molar-refractivity contribution is -0.139. The van der Waals surface area contributed by atoms with Crippen LogP contribution in [0.4, 0.5) is 4.79 Å². The molecule has 3 N–H and O–H groups in total. The summed E-state index contributed by atoms with van der Waals surface area (Å²) < 4.78 is 17.4. The fourth-order valence-corrected chi connectivity index (χ4v) is 5.55. The number of alkyl carbamates (subject to hydrolysis) is 1. The van der Waals surface area contributed by atoms with Crippen LogP contribution in [0.15, 0.2) is 72.9 Å². The van der Waals surface area contributed by atoms with E-state index in [2.05, 4.69) is 29.9 Å². The highest BCUT2D eigenvalue weighted by molar-refractivity contribution is 6.76. The molecule has 0 fully saturated rings. The number of aromatic nitrogens is 1. The molecule has 0 spiro atoms. The van der Waals surface area contributed by atoms with Gasteiger partial charge in [-0.2, -0.15) is 0 Å². The van der Waals surface area contributed by atoms with Gasteiger partial charge in [-0.1, -0.05) is 74.2 Å². The van der Waals surface area contributed by atoms with E-state index < -0.39 is 37.7 Å². The van der Waals surface area contributed by atoms with Crippen LogP contribution in [0.3, 0.4) is 0 Å². The summed E-state index contributed by atoms with van der Waals surface area (Å²) in [6, 6.07) is 20.3. The summed E-state index contributed by atoms with van der Waals surface area (Å²) in [5.74, 6) is -1.28. The monoisotopic (exact) mass is 630 g/mol. The molecule has 4 rings (SSSR count). The number of nitrogens with one attached hydrogen (secondary N) is 2. The molecule has 0 aliphatic rings. The summed E-state index contributed by atoms with van der Waals surface area (Å²) in [7, 11) is -1.42. The number of hydrogen-bond donors (Lipinski definition) is 3. The van der Waals surface area contributed by atoms with E-state index in [1.165, 1.54) is 0 Å². The number of carboxylic acids is 1. The number of esters is 1. The fraction of sp³-hybridized carbons (Fsp3) is 0.343. The van der Waals surface area contributed by atoms with Gasteiger partial charge in [0.1, 0.15) is 29.6 Å². The van der Waals surface area contributed by atoms with Gasteiger partial charge in [-0.15, -0.1) is 0 Å². The SMILES string of the molecule is CC(C)(C)OC(=O)N[C@@H](Cc1c[nH]c2cccc(-c3cccc(C(=O)OCC[Si](C)(C)C)c3OCc3ccccc3)c12)C(=O)O. The number of carboxylic acid groups (broad SMARTS) is 1. The van der Waals surface area contributed by atoms with Crippen LogP contribution in [0.25, 0.3) is 22.0 Å². The van der Waals surface area contributed by atoms with Crippen LogP contribution < -0.4 is 10.1 Å². The van der Waals surface area contributed by atoms with E-state index in [-0.39, 0.29) is 13.0 Å². The van der Waals surface area contributed by atoms with Crippen molar-refractivity contribution >= 4 is 37.0 Å². The molecular formula is C35H42N2O7Si. The van der Waals surface area contributed by atoms with Crippen LogP contribution in [-0.2, 0) is 27.3 Å². The van der Waals surface area contributed by atoms with Crippen molar-refractivity contribution in [2.75, 3.05) is 6.61 Å². The predicted molar refractivity (Wildman–Crippen MR) is 177 cm³/mol. The van der Waals surface area contributed by atoms with Crippen molar-refractivity contribution in [2.24, 2.45) is 0 Å². The number of amides is 1. The number of benzene rings is 3. The lowest BCUT2D eigenvalue weighted by atomic mass is 9.94. The highest BCUT2D eigenvalue weighted by Gasteiger charge is 2.27. The number of aromatic amines is 1. The Labute approximate surface area is 264 Å². The zero-order valence-corrected chi connectivity index (χ0v) is 27.7. The highest BCUT2D eigenvalue weighted by atomic mass is 28.3. The van der Waals surface area contributed by atoms with Crippen molar-refractivity contribution in [3.63, 3.8) is 0 Å². The Morgan fingerprint density at radius 3 is 2.29 bits per heavy atom. The summed E-state index contributed by atoms with van der Waals surface area (Å²) in [6.07, 6.45) is 0.913. The number of carbonyl (C=O) groups excluding carboxylic acids is 2. The Bertz CT molecular complexity index is 1650. The largest absolute Gasteiger partial charge is 0.487 e. The second kappa shape index (κ2) is 14.0. The van der Waals surface area contributed by atoms with Crippen molar-refractivity contribution in [2.45, 2.75) is 71.1 Å². The minimum absolute atomic E-state index is 0.00970. The van der Waals surface area contributed by atoms with E-state index in [0.717, 1.165) is 28.1 Å². The molecule has 238 valence electrons. The summed E-state index contributed by atoms with van der Waals surface area (Å²) in [4.78, 5) is 41.3. The third kappa shape index (κ3) is 9.21. The Balaban J connectivity index is 1.75. The van der Waals surface area contributed by atoms with E-state index in [9.17, 15) is 19.5 Å². The average Bonchev–Trinajstić information content (AvgIpc) is 3.37. The first-order chi connectivity index (χ1) is 21.2. The maximum absolute atomic E-state index is 13.4. The number of rotatable bonds is 12. The van der Waals surface area contributed by atoms with E-state index in [4.69, 9.17) is 14.2 Å². The summed E-state index contributed by atoms with van der Waals surface area (Å²) in [5.41, 5.74) is 3.29. The van der Waals surface area contributed by atoms with Crippen LogP contribution >= 0.6 is 0 Å². The van der Waals surface area contributed by atoms with Gasteiger partial charge in [-0.05, 0) is 55.6 Å². The average molecular weight is 631 g/mol. The first kappa shape index (κ1) is 33.3. The van der Waals surface area contributed by atoms with Crippen LogP contribution in [0, 0.1) is 0 Å². The number of ether oxygens (including phenoxy) is 3. The molecule has 0 aliphatic carbocycles. The molecule has 45 heavy (non-hydrogen) atoms. The van der Waals surface area contributed by atoms with E-state index in [0.29, 0.717) is 29.0 Å². The van der Waals surface area contributed by atoms with Crippen LogP contribution in [0.2, 0.25) is 25.7 Å². The van der Waals surface area contributed by atoms with Crippen LogP contribution in [0.5, 0.6) is 5.75 Å². The lowest BCUT2D eigenvalue weighted by Gasteiger charge is -2.22. The molecule has 1 atom stereocenters. The number of H-pyrrole nitrogens is 1. The van der Waals surface area contributed by atoms with Crippen LogP contribution in [0.1, 0.15) is 42.3 Å². The molecule has 1 aromatic heterocycles. The zero-order valence-electron chi connectivity index (χ0n) is 26.7. The van der Waals surface area contributed by atoms with Gasteiger partial charge in [0.2, 0.25) is 0 Å². The summed E-state index contributed by atoms with van der Waals surface area (Å²) in [6.45, 7) is 12.4. The van der Waals surface area contributed by atoms with Crippen molar-refractivity contribution in [1.82, 2.24) is 10.3 Å². The fourth-order valence-electron chi connectivity index (χ4n) is 4.83. The third-order valence-electron chi connectivity index (χ3n) is 7.04. The number of aliphatic carboxylic acids is 1. The Hall–Kier alpha value is -4.57. The third-order valence-corrected chi connectivity index (χ3v) is 8.74. The minimum atomic E-state index is -1.42. The first-order valence-electron chi connectivity index (χ1n) is 15.0. The molecular weight excluding hydrogens is 588 g/mol. The number of fused-ring (bicyclic) bond motifs is 1. The summed E-state index contributed by atoms with van der Waals surface area (Å²) >= 11 is 0.